The lowest BCUT2D eigenvalue weighted by atomic mass is 10.2. The van der Waals surface area contributed by atoms with Gasteiger partial charge in [0.05, 0.1) is 13.7 Å². The molecule has 1 aliphatic heterocycles. The second kappa shape index (κ2) is 8.83. The standard InChI is InChI=1S/C21H26N2O3/c1-17-20(21(24)25-2)15-19(26-17)16-23-13-11-22(12-14-23)10-6-9-18-7-4-3-5-8-18/h3-9,15H,10-14,16H2,1-2H3/b9-6+. The zero-order chi connectivity index (χ0) is 18.4. The van der Waals surface area contributed by atoms with Gasteiger partial charge in [-0.1, -0.05) is 42.5 Å². The number of piperazine rings is 1. The van der Waals surface area contributed by atoms with Gasteiger partial charge in [0.15, 0.2) is 0 Å². The first-order valence-electron chi connectivity index (χ1n) is 8.99. The Kier molecular flexibility index (Phi) is 6.26. The molecule has 1 aromatic carbocycles. The highest BCUT2D eigenvalue weighted by Crippen LogP contribution is 2.18. The minimum absolute atomic E-state index is 0.340. The summed E-state index contributed by atoms with van der Waals surface area (Å²) in [5, 5.41) is 0. The van der Waals surface area contributed by atoms with E-state index in [-0.39, 0.29) is 5.97 Å². The number of carbonyl (C=O) groups is 1. The van der Waals surface area contributed by atoms with Gasteiger partial charge in [0, 0.05) is 32.7 Å². The maximum Gasteiger partial charge on any atom is 0.341 e. The highest BCUT2D eigenvalue weighted by atomic mass is 16.5. The van der Waals surface area contributed by atoms with Crippen molar-refractivity contribution in [3.63, 3.8) is 0 Å². The molecule has 0 amide bonds. The Morgan fingerprint density at radius 3 is 2.54 bits per heavy atom. The first kappa shape index (κ1) is 18.4. The highest BCUT2D eigenvalue weighted by molar-refractivity contribution is 5.90. The second-order valence-corrected chi connectivity index (χ2v) is 6.56. The topological polar surface area (TPSA) is 45.9 Å². The molecule has 1 saturated heterocycles. The van der Waals surface area contributed by atoms with Gasteiger partial charge in [-0.05, 0) is 18.6 Å². The van der Waals surface area contributed by atoms with Crippen molar-refractivity contribution in [3.8, 4) is 0 Å². The molecule has 26 heavy (non-hydrogen) atoms. The number of aryl methyl sites for hydroxylation is 1. The van der Waals surface area contributed by atoms with Crippen molar-refractivity contribution in [1.82, 2.24) is 9.80 Å². The van der Waals surface area contributed by atoms with Crippen LogP contribution in [-0.2, 0) is 11.3 Å². The fourth-order valence-electron chi connectivity index (χ4n) is 3.19. The van der Waals surface area contributed by atoms with Crippen molar-refractivity contribution in [1.29, 1.82) is 0 Å². The van der Waals surface area contributed by atoms with Crippen LogP contribution in [0.5, 0.6) is 0 Å². The van der Waals surface area contributed by atoms with Crippen molar-refractivity contribution in [2.24, 2.45) is 0 Å². The average molecular weight is 354 g/mol. The third-order valence-electron chi connectivity index (χ3n) is 4.69. The maximum absolute atomic E-state index is 11.7. The SMILES string of the molecule is COC(=O)c1cc(CN2CCN(C/C=C/c3ccccc3)CC2)oc1C. The first-order valence-corrected chi connectivity index (χ1v) is 8.99. The number of methoxy groups -OCH3 is 1. The average Bonchev–Trinajstić information content (AvgIpc) is 3.03. The Labute approximate surface area is 154 Å². The van der Waals surface area contributed by atoms with E-state index in [1.54, 1.807) is 13.0 Å². The lowest BCUT2D eigenvalue weighted by Gasteiger charge is -2.33. The normalized spacial score (nSPS) is 16.2. The molecule has 5 heteroatoms. The molecule has 0 aliphatic carbocycles. The van der Waals surface area contributed by atoms with E-state index < -0.39 is 0 Å². The zero-order valence-corrected chi connectivity index (χ0v) is 15.5. The van der Waals surface area contributed by atoms with Crippen LogP contribution < -0.4 is 0 Å². The van der Waals surface area contributed by atoms with Crippen LogP contribution in [0, 0.1) is 6.92 Å². The molecule has 0 atom stereocenters. The fraction of sp³-hybridized carbons (Fsp3) is 0.381. The van der Waals surface area contributed by atoms with E-state index in [0.29, 0.717) is 11.3 Å². The Morgan fingerprint density at radius 2 is 1.85 bits per heavy atom. The van der Waals surface area contributed by atoms with Gasteiger partial charge in [0.25, 0.3) is 0 Å². The van der Waals surface area contributed by atoms with Crippen LogP contribution in [0.15, 0.2) is 46.9 Å². The minimum Gasteiger partial charge on any atom is -0.465 e. The largest absolute Gasteiger partial charge is 0.465 e. The smallest absolute Gasteiger partial charge is 0.341 e. The summed E-state index contributed by atoms with van der Waals surface area (Å²) in [6, 6.07) is 12.2. The van der Waals surface area contributed by atoms with Gasteiger partial charge in [-0.3, -0.25) is 9.80 Å². The molecular formula is C21H26N2O3. The Hall–Kier alpha value is -2.37. The number of carbonyl (C=O) groups excluding carboxylic acids is 1. The van der Waals surface area contributed by atoms with Crippen LogP contribution in [0.3, 0.4) is 0 Å². The van der Waals surface area contributed by atoms with Gasteiger partial charge in [0.1, 0.15) is 17.1 Å². The molecule has 1 fully saturated rings. The molecule has 5 nitrogen and oxygen atoms in total. The van der Waals surface area contributed by atoms with Crippen LogP contribution in [0.25, 0.3) is 6.08 Å². The van der Waals surface area contributed by atoms with Crippen LogP contribution in [0.1, 0.15) is 27.4 Å². The Balaban J connectivity index is 1.45. The van der Waals surface area contributed by atoms with E-state index in [2.05, 4.69) is 46.2 Å². The van der Waals surface area contributed by atoms with Gasteiger partial charge in [-0.15, -0.1) is 0 Å². The number of nitrogens with zero attached hydrogens (tertiary/aromatic N) is 2. The van der Waals surface area contributed by atoms with Gasteiger partial charge in [-0.25, -0.2) is 4.79 Å². The lowest BCUT2D eigenvalue weighted by molar-refractivity contribution is 0.0599. The lowest BCUT2D eigenvalue weighted by Crippen LogP contribution is -2.45. The molecule has 0 radical (unpaired) electrons. The van der Waals surface area contributed by atoms with E-state index in [0.717, 1.165) is 45.0 Å². The maximum atomic E-state index is 11.7. The van der Waals surface area contributed by atoms with Crippen molar-refractivity contribution < 1.29 is 13.9 Å². The molecule has 0 saturated carbocycles. The van der Waals surface area contributed by atoms with Gasteiger partial charge < -0.3 is 9.15 Å². The van der Waals surface area contributed by atoms with Crippen LogP contribution in [-0.4, -0.2) is 55.6 Å². The molecule has 0 bridgehead atoms. The summed E-state index contributed by atoms with van der Waals surface area (Å²) in [4.78, 5) is 16.5. The van der Waals surface area contributed by atoms with E-state index in [1.165, 1.54) is 12.7 Å². The summed E-state index contributed by atoms with van der Waals surface area (Å²) in [6.07, 6.45) is 4.40. The summed E-state index contributed by atoms with van der Waals surface area (Å²) in [5.74, 6) is 1.10. The number of benzene rings is 1. The van der Waals surface area contributed by atoms with Crippen molar-refractivity contribution in [2.45, 2.75) is 13.5 Å². The summed E-state index contributed by atoms with van der Waals surface area (Å²) in [6.45, 7) is 7.54. The van der Waals surface area contributed by atoms with E-state index in [9.17, 15) is 4.79 Å². The molecule has 0 spiro atoms. The molecule has 1 aliphatic rings. The first-order chi connectivity index (χ1) is 12.7. The quantitative estimate of drug-likeness (QED) is 0.746. The third kappa shape index (κ3) is 4.84. The van der Waals surface area contributed by atoms with Gasteiger partial charge in [-0.2, -0.15) is 0 Å². The van der Waals surface area contributed by atoms with Crippen LogP contribution in [0.2, 0.25) is 0 Å². The number of ether oxygens (including phenoxy) is 1. The summed E-state index contributed by atoms with van der Waals surface area (Å²) >= 11 is 0. The number of furan rings is 1. The number of esters is 1. The summed E-state index contributed by atoms with van der Waals surface area (Å²) in [5.41, 5.74) is 1.76. The molecule has 138 valence electrons. The Bertz CT molecular complexity index is 744. The highest BCUT2D eigenvalue weighted by Gasteiger charge is 2.20. The van der Waals surface area contributed by atoms with Crippen LogP contribution >= 0.6 is 0 Å². The predicted molar refractivity (Wildman–Crippen MR) is 102 cm³/mol. The molecule has 0 N–H and O–H groups in total. The molecule has 2 heterocycles. The number of hydrogen-bond donors (Lipinski definition) is 0. The molecule has 0 unspecified atom stereocenters. The van der Waals surface area contributed by atoms with Gasteiger partial charge >= 0.3 is 5.97 Å². The Morgan fingerprint density at radius 1 is 1.15 bits per heavy atom. The second-order valence-electron chi connectivity index (χ2n) is 6.56. The third-order valence-corrected chi connectivity index (χ3v) is 4.69. The van der Waals surface area contributed by atoms with Gasteiger partial charge in [0.2, 0.25) is 0 Å². The van der Waals surface area contributed by atoms with Crippen molar-refractivity contribution >= 4 is 12.0 Å². The number of hydrogen-bond acceptors (Lipinski definition) is 5. The van der Waals surface area contributed by atoms with Crippen LogP contribution in [0.4, 0.5) is 0 Å². The summed E-state index contributed by atoms with van der Waals surface area (Å²) in [7, 11) is 1.39. The van der Waals surface area contributed by atoms with Crippen molar-refractivity contribution in [2.75, 3.05) is 39.8 Å². The van der Waals surface area contributed by atoms with E-state index >= 15 is 0 Å². The minimum atomic E-state index is -0.340. The molecular weight excluding hydrogens is 328 g/mol. The number of rotatable bonds is 6. The summed E-state index contributed by atoms with van der Waals surface area (Å²) < 4.78 is 10.5. The monoisotopic (exact) mass is 354 g/mol. The van der Waals surface area contributed by atoms with Crippen molar-refractivity contribution in [3.05, 3.63) is 65.1 Å². The fourth-order valence-corrected chi connectivity index (χ4v) is 3.19. The molecule has 2 aromatic rings. The van der Waals surface area contributed by atoms with E-state index in [1.807, 2.05) is 6.07 Å². The zero-order valence-electron chi connectivity index (χ0n) is 15.5. The van der Waals surface area contributed by atoms with E-state index in [4.69, 9.17) is 9.15 Å². The predicted octanol–water partition coefficient (Wildman–Crippen LogP) is 3.21. The molecule has 3 rings (SSSR count). The molecule has 1 aromatic heterocycles.